The summed E-state index contributed by atoms with van der Waals surface area (Å²) in [4.78, 5) is 15.8. The fraction of sp³-hybridized carbons (Fsp3) is 0.857. The van der Waals surface area contributed by atoms with Crippen molar-refractivity contribution in [1.29, 1.82) is 0 Å². The molecular weight excluding hydrogens is 258 g/mol. The molecule has 0 radical (unpaired) electrons. The van der Waals surface area contributed by atoms with Gasteiger partial charge in [-0.15, -0.1) is 0 Å². The number of carbonyl (C=O) groups excluding carboxylic acids is 1. The van der Waals surface area contributed by atoms with Crippen LogP contribution in [0.3, 0.4) is 0 Å². The molecule has 0 heterocycles. The molecule has 0 aliphatic rings. The van der Waals surface area contributed by atoms with Gasteiger partial charge >= 0.3 is 5.97 Å². The van der Waals surface area contributed by atoms with Gasteiger partial charge in [0.05, 0.1) is 0 Å². The molecule has 0 aliphatic heterocycles. The van der Waals surface area contributed by atoms with Gasteiger partial charge in [-0.2, -0.15) is 0 Å². The van der Waals surface area contributed by atoms with Crippen molar-refractivity contribution in [2.24, 2.45) is 4.99 Å². The van der Waals surface area contributed by atoms with Crippen molar-refractivity contribution < 1.29 is 14.3 Å². The Morgan fingerprint density at radius 2 is 1.90 bits per heavy atom. The van der Waals surface area contributed by atoms with Crippen LogP contribution in [0.4, 0.5) is 0 Å². The number of ether oxygens (including phenoxy) is 2. The summed E-state index contributed by atoms with van der Waals surface area (Å²) in [6.45, 7) is 12.4. The van der Waals surface area contributed by atoms with E-state index in [9.17, 15) is 4.79 Å². The Balaban J connectivity index is 4.09. The molecule has 0 bridgehead atoms. The van der Waals surface area contributed by atoms with E-state index in [2.05, 4.69) is 15.6 Å². The highest BCUT2D eigenvalue weighted by Gasteiger charge is 2.15. The van der Waals surface area contributed by atoms with E-state index in [4.69, 9.17) is 9.47 Å². The standard InChI is InChI=1S/C14H29N3O3/c1-6-15-13(16-9-8-10-19-7-2)17-11-12(18)20-14(3,4)5/h6-11H2,1-5H3,(H2,15,16,17). The first-order valence-electron chi connectivity index (χ1n) is 7.20. The average molecular weight is 287 g/mol. The maximum Gasteiger partial charge on any atom is 0.328 e. The predicted octanol–water partition coefficient (Wildman–Crippen LogP) is 1.31. The number of rotatable bonds is 8. The van der Waals surface area contributed by atoms with Crippen LogP contribution in [0.1, 0.15) is 41.0 Å². The zero-order valence-corrected chi connectivity index (χ0v) is 13.4. The van der Waals surface area contributed by atoms with Crippen molar-refractivity contribution >= 4 is 11.9 Å². The van der Waals surface area contributed by atoms with Gasteiger partial charge in [0.2, 0.25) is 0 Å². The molecule has 6 nitrogen and oxygen atoms in total. The van der Waals surface area contributed by atoms with Crippen LogP contribution in [-0.4, -0.2) is 50.4 Å². The Morgan fingerprint density at radius 1 is 1.20 bits per heavy atom. The highest BCUT2D eigenvalue weighted by Crippen LogP contribution is 2.06. The molecule has 0 saturated heterocycles. The van der Waals surface area contributed by atoms with E-state index >= 15 is 0 Å². The molecule has 6 heteroatoms. The van der Waals surface area contributed by atoms with Crippen LogP contribution < -0.4 is 10.6 Å². The minimum Gasteiger partial charge on any atom is -0.459 e. The fourth-order valence-corrected chi connectivity index (χ4v) is 1.38. The first kappa shape index (κ1) is 18.7. The first-order valence-corrected chi connectivity index (χ1v) is 7.20. The van der Waals surface area contributed by atoms with E-state index in [1.807, 2.05) is 34.6 Å². The normalized spacial score (nSPS) is 12.2. The van der Waals surface area contributed by atoms with Crippen molar-refractivity contribution in [3.05, 3.63) is 0 Å². The summed E-state index contributed by atoms with van der Waals surface area (Å²) in [6.07, 6.45) is 0.894. The summed E-state index contributed by atoms with van der Waals surface area (Å²) < 4.78 is 10.5. The fourth-order valence-electron chi connectivity index (χ4n) is 1.38. The van der Waals surface area contributed by atoms with Crippen molar-refractivity contribution in [2.45, 2.75) is 46.6 Å². The second-order valence-corrected chi connectivity index (χ2v) is 5.26. The number of aliphatic imine (C=N–C) groups is 1. The number of esters is 1. The van der Waals surface area contributed by atoms with E-state index in [-0.39, 0.29) is 12.5 Å². The van der Waals surface area contributed by atoms with Crippen LogP contribution in [0.2, 0.25) is 0 Å². The molecule has 0 atom stereocenters. The van der Waals surface area contributed by atoms with E-state index in [1.54, 1.807) is 0 Å². The lowest BCUT2D eigenvalue weighted by atomic mass is 10.2. The largest absolute Gasteiger partial charge is 0.459 e. The maximum atomic E-state index is 11.6. The van der Waals surface area contributed by atoms with Crippen LogP contribution in [0.5, 0.6) is 0 Å². The number of nitrogens with one attached hydrogen (secondary N) is 2. The van der Waals surface area contributed by atoms with E-state index in [1.165, 1.54) is 0 Å². The molecule has 0 saturated carbocycles. The van der Waals surface area contributed by atoms with Crippen molar-refractivity contribution in [1.82, 2.24) is 10.6 Å². The number of guanidine groups is 1. The topological polar surface area (TPSA) is 72.0 Å². The number of hydrogen-bond acceptors (Lipinski definition) is 4. The minimum atomic E-state index is -0.476. The van der Waals surface area contributed by atoms with Gasteiger partial charge in [-0.3, -0.25) is 4.79 Å². The third-order valence-electron chi connectivity index (χ3n) is 2.09. The third kappa shape index (κ3) is 11.8. The molecule has 0 unspecified atom stereocenters. The molecule has 2 N–H and O–H groups in total. The van der Waals surface area contributed by atoms with Crippen LogP contribution in [-0.2, 0) is 14.3 Å². The Kier molecular flexibility index (Phi) is 9.80. The van der Waals surface area contributed by atoms with Gasteiger partial charge in [-0.25, -0.2) is 4.99 Å². The van der Waals surface area contributed by atoms with Gasteiger partial charge in [0.15, 0.2) is 5.96 Å². The summed E-state index contributed by atoms with van der Waals surface area (Å²) >= 11 is 0. The van der Waals surface area contributed by atoms with E-state index < -0.39 is 5.60 Å². The second kappa shape index (κ2) is 10.5. The molecule has 20 heavy (non-hydrogen) atoms. The highest BCUT2D eigenvalue weighted by atomic mass is 16.6. The molecule has 0 rings (SSSR count). The minimum absolute atomic E-state index is 0.0120. The number of carbonyl (C=O) groups is 1. The van der Waals surface area contributed by atoms with Gasteiger partial charge < -0.3 is 20.1 Å². The Bertz CT molecular complexity index is 299. The summed E-state index contributed by atoms with van der Waals surface area (Å²) in [5.41, 5.74) is -0.476. The second-order valence-electron chi connectivity index (χ2n) is 5.26. The quantitative estimate of drug-likeness (QED) is 0.305. The molecular formula is C14H29N3O3. The van der Waals surface area contributed by atoms with E-state index in [0.717, 1.165) is 32.7 Å². The third-order valence-corrected chi connectivity index (χ3v) is 2.09. The summed E-state index contributed by atoms with van der Waals surface area (Å²) in [6, 6.07) is 0. The zero-order valence-electron chi connectivity index (χ0n) is 13.4. The monoisotopic (exact) mass is 287 g/mol. The average Bonchev–Trinajstić information content (AvgIpc) is 2.33. The molecule has 0 aliphatic carbocycles. The van der Waals surface area contributed by atoms with E-state index in [0.29, 0.717) is 5.96 Å². The molecule has 0 aromatic rings. The first-order chi connectivity index (χ1) is 9.39. The van der Waals surface area contributed by atoms with Crippen LogP contribution in [0.15, 0.2) is 4.99 Å². The van der Waals surface area contributed by atoms with Gasteiger partial charge in [0, 0.05) is 26.3 Å². The summed E-state index contributed by atoms with van der Waals surface area (Å²) in [5.74, 6) is 0.291. The molecule has 118 valence electrons. The lowest BCUT2D eigenvalue weighted by molar-refractivity contribution is -0.152. The van der Waals surface area contributed by atoms with Crippen LogP contribution >= 0.6 is 0 Å². The molecule has 0 spiro atoms. The molecule has 0 aromatic heterocycles. The van der Waals surface area contributed by atoms with Gasteiger partial charge in [-0.1, -0.05) is 0 Å². The molecule has 0 aromatic carbocycles. The Hall–Kier alpha value is -1.30. The van der Waals surface area contributed by atoms with Gasteiger partial charge in [0.1, 0.15) is 12.1 Å². The Labute approximate surface area is 122 Å². The Morgan fingerprint density at radius 3 is 2.45 bits per heavy atom. The lowest BCUT2D eigenvalue weighted by Crippen LogP contribution is -2.38. The van der Waals surface area contributed by atoms with Crippen molar-refractivity contribution in [2.75, 3.05) is 32.8 Å². The summed E-state index contributed by atoms with van der Waals surface area (Å²) in [7, 11) is 0. The highest BCUT2D eigenvalue weighted by molar-refractivity contribution is 5.83. The van der Waals surface area contributed by atoms with Crippen molar-refractivity contribution in [3.63, 3.8) is 0 Å². The maximum absolute atomic E-state index is 11.6. The van der Waals surface area contributed by atoms with Gasteiger partial charge in [0.25, 0.3) is 0 Å². The molecule has 0 amide bonds. The summed E-state index contributed by atoms with van der Waals surface area (Å²) in [5, 5.41) is 6.23. The lowest BCUT2D eigenvalue weighted by Gasteiger charge is -2.19. The van der Waals surface area contributed by atoms with Crippen LogP contribution in [0.25, 0.3) is 0 Å². The van der Waals surface area contributed by atoms with Gasteiger partial charge in [-0.05, 0) is 41.0 Å². The predicted molar refractivity (Wildman–Crippen MR) is 80.9 cm³/mol. The number of hydrogen-bond donors (Lipinski definition) is 2. The number of nitrogens with zero attached hydrogens (tertiary/aromatic N) is 1. The smallest absolute Gasteiger partial charge is 0.328 e. The zero-order chi connectivity index (χ0) is 15.4. The molecule has 0 fully saturated rings. The SMILES string of the molecule is CCNC(=NCC(=O)OC(C)(C)C)NCCCOCC. The van der Waals surface area contributed by atoms with Crippen LogP contribution in [0, 0.1) is 0 Å². The van der Waals surface area contributed by atoms with Crippen molar-refractivity contribution in [3.8, 4) is 0 Å².